The lowest BCUT2D eigenvalue weighted by Gasteiger charge is -2.12. The molecule has 0 bridgehead atoms. The van der Waals surface area contributed by atoms with E-state index >= 15 is 0 Å². The van der Waals surface area contributed by atoms with Gasteiger partial charge in [-0.3, -0.25) is 9.36 Å². The second-order valence-electron chi connectivity index (χ2n) is 5.72. The van der Waals surface area contributed by atoms with E-state index in [2.05, 4.69) is 4.98 Å². The fourth-order valence-corrected chi connectivity index (χ4v) is 3.45. The molecular weight excluding hydrogens is 348 g/mol. The summed E-state index contributed by atoms with van der Waals surface area (Å²) in [7, 11) is 0. The number of fused-ring (bicyclic) bond motifs is 1. The van der Waals surface area contributed by atoms with Crippen LogP contribution in [0.15, 0.2) is 64.5 Å². The molecule has 0 fully saturated rings. The zero-order chi connectivity index (χ0) is 18.4. The Labute approximate surface area is 156 Å². The average molecular weight is 368 g/mol. The van der Waals surface area contributed by atoms with E-state index in [-0.39, 0.29) is 18.1 Å². The molecule has 6 heteroatoms. The first-order valence-electron chi connectivity index (χ1n) is 8.55. The van der Waals surface area contributed by atoms with Crippen LogP contribution >= 0.6 is 11.8 Å². The van der Waals surface area contributed by atoms with Crippen molar-refractivity contribution in [1.29, 1.82) is 0 Å². The van der Waals surface area contributed by atoms with Crippen molar-refractivity contribution < 1.29 is 9.53 Å². The van der Waals surface area contributed by atoms with E-state index in [1.807, 2.05) is 31.2 Å². The lowest BCUT2D eigenvalue weighted by atomic mass is 10.2. The van der Waals surface area contributed by atoms with E-state index in [4.69, 9.17) is 4.74 Å². The lowest BCUT2D eigenvalue weighted by molar-refractivity contribution is 0.0530. The van der Waals surface area contributed by atoms with Crippen molar-refractivity contribution in [2.24, 2.45) is 0 Å². The molecule has 0 aliphatic rings. The van der Waals surface area contributed by atoms with E-state index in [1.54, 1.807) is 34.9 Å². The van der Waals surface area contributed by atoms with Gasteiger partial charge in [-0.1, -0.05) is 49.0 Å². The predicted molar refractivity (Wildman–Crippen MR) is 104 cm³/mol. The standard InChI is InChI=1S/C20H20N2O3S/c1-2-12-22-18(23)16-10-6-7-11-17(16)21-20(22)26-14-13-25-19(24)15-8-4-3-5-9-15/h3-11H,2,12-14H2,1H3. The smallest absolute Gasteiger partial charge is 0.338 e. The summed E-state index contributed by atoms with van der Waals surface area (Å²) in [5.74, 6) is 0.191. The number of carbonyl (C=O) groups is 1. The van der Waals surface area contributed by atoms with Gasteiger partial charge in [0.05, 0.1) is 16.5 Å². The van der Waals surface area contributed by atoms with E-state index in [9.17, 15) is 9.59 Å². The van der Waals surface area contributed by atoms with E-state index in [0.717, 1.165) is 6.42 Å². The van der Waals surface area contributed by atoms with Gasteiger partial charge in [0, 0.05) is 12.3 Å². The van der Waals surface area contributed by atoms with Crippen LogP contribution in [-0.2, 0) is 11.3 Å². The number of aromatic nitrogens is 2. The zero-order valence-electron chi connectivity index (χ0n) is 14.6. The molecule has 0 spiro atoms. The molecule has 26 heavy (non-hydrogen) atoms. The molecular formula is C20H20N2O3S. The largest absolute Gasteiger partial charge is 0.461 e. The predicted octanol–water partition coefficient (Wildman–Crippen LogP) is 3.76. The van der Waals surface area contributed by atoms with Crippen molar-refractivity contribution in [2.45, 2.75) is 25.0 Å². The number of rotatable bonds is 7. The first-order valence-corrected chi connectivity index (χ1v) is 9.54. The van der Waals surface area contributed by atoms with Crippen molar-refractivity contribution in [2.75, 3.05) is 12.4 Å². The number of ether oxygens (including phenoxy) is 1. The van der Waals surface area contributed by atoms with Gasteiger partial charge >= 0.3 is 5.97 Å². The summed E-state index contributed by atoms with van der Waals surface area (Å²) in [4.78, 5) is 29.3. The van der Waals surface area contributed by atoms with E-state index < -0.39 is 0 Å². The van der Waals surface area contributed by atoms with Crippen LogP contribution in [0.5, 0.6) is 0 Å². The van der Waals surface area contributed by atoms with Gasteiger partial charge in [-0.15, -0.1) is 0 Å². The molecule has 1 aromatic heterocycles. The molecule has 0 aliphatic carbocycles. The molecule has 3 rings (SSSR count). The summed E-state index contributed by atoms with van der Waals surface area (Å²) < 4.78 is 6.99. The average Bonchev–Trinajstić information content (AvgIpc) is 2.68. The molecule has 0 radical (unpaired) electrons. The SMILES string of the molecule is CCCn1c(SCCOC(=O)c2ccccc2)nc2ccccc2c1=O. The maximum atomic E-state index is 12.7. The molecule has 5 nitrogen and oxygen atoms in total. The fourth-order valence-electron chi connectivity index (χ4n) is 2.60. The normalized spacial score (nSPS) is 10.8. The molecule has 0 aliphatic heterocycles. The minimum atomic E-state index is -0.344. The second kappa shape index (κ2) is 8.67. The van der Waals surface area contributed by atoms with Crippen molar-refractivity contribution >= 4 is 28.6 Å². The Kier molecular flexibility index (Phi) is 6.07. The summed E-state index contributed by atoms with van der Waals surface area (Å²) in [5, 5.41) is 1.28. The maximum Gasteiger partial charge on any atom is 0.338 e. The van der Waals surface area contributed by atoms with Crippen molar-refractivity contribution in [1.82, 2.24) is 9.55 Å². The molecule has 134 valence electrons. The van der Waals surface area contributed by atoms with Crippen LogP contribution in [0.4, 0.5) is 0 Å². The number of carbonyl (C=O) groups excluding carboxylic acids is 1. The van der Waals surface area contributed by atoms with Gasteiger partial charge in [0.2, 0.25) is 0 Å². The van der Waals surface area contributed by atoms with E-state index in [1.165, 1.54) is 11.8 Å². The van der Waals surface area contributed by atoms with Crippen LogP contribution < -0.4 is 5.56 Å². The minimum absolute atomic E-state index is 0.0266. The molecule has 0 N–H and O–H groups in total. The lowest BCUT2D eigenvalue weighted by Crippen LogP contribution is -2.23. The van der Waals surface area contributed by atoms with Gasteiger partial charge in [0.1, 0.15) is 6.61 Å². The van der Waals surface area contributed by atoms with Gasteiger partial charge in [0.25, 0.3) is 5.56 Å². The molecule has 0 saturated carbocycles. The van der Waals surface area contributed by atoms with Crippen molar-refractivity contribution in [3.05, 3.63) is 70.5 Å². The molecule has 0 atom stereocenters. The van der Waals surface area contributed by atoms with Crippen LogP contribution in [0.1, 0.15) is 23.7 Å². The number of para-hydroxylation sites is 1. The number of benzene rings is 2. The topological polar surface area (TPSA) is 61.2 Å². The van der Waals surface area contributed by atoms with Crippen LogP contribution in [0.2, 0.25) is 0 Å². The van der Waals surface area contributed by atoms with Gasteiger partial charge in [-0.25, -0.2) is 9.78 Å². The molecule has 0 amide bonds. The third-order valence-electron chi connectivity index (χ3n) is 3.83. The number of thioether (sulfide) groups is 1. The molecule has 0 saturated heterocycles. The zero-order valence-corrected chi connectivity index (χ0v) is 15.4. The Morgan fingerprint density at radius 2 is 1.85 bits per heavy atom. The molecule has 3 aromatic rings. The number of hydrogen-bond acceptors (Lipinski definition) is 5. The van der Waals surface area contributed by atoms with Crippen molar-refractivity contribution in [3.63, 3.8) is 0 Å². The summed E-state index contributed by atoms with van der Waals surface area (Å²) in [5.41, 5.74) is 1.19. The highest BCUT2D eigenvalue weighted by molar-refractivity contribution is 7.99. The summed E-state index contributed by atoms with van der Waals surface area (Å²) in [6.45, 7) is 2.90. The first kappa shape index (κ1) is 18.2. The second-order valence-corrected chi connectivity index (χ2v) is 6.78. The maximum absolute atomic E-state index is 12.7. The fraction of sp³-hybridized carbons (Fsp3) is 0.250. The number of nitrogens with zero attached hydrogens (tertiary/aromatic N) is 2. The molecule has 1 heterocycles. The summed E-state index contributed by atoms with van der Waals surface area (Å²) in [6, 6.07) is 16.2. The van der Waals surface area contributed by atoms with Crippen LogP contribution in [0.3, 0.4) is 0 Å². The Bertz CT molecular complexity index is 954. The minimum Gasteiger partial charge on any atom is -0.461 e. The van der Waals surface area contributed by atoms with Crippen molar-refractivity contribution in [3.8, 4) is 0 Å². The number of hydrogen-bond donors (Lipinski definition) is 0. The highest BCUT2D eigenvalue weighted by atomic mass is 32.2. The Hall–Kier alpha value is -2.60. The Morgan fingerprint density at radius 3 is 2.62 bits per heavy atom. The third kappa shape index (κ3) is 4.14. The van der Waals surface area contributed by atoms with Crippen LogP contribution in [0.25, 0.3) is 10.9 Å². The van der Waals surface area contributed by atoms with Gasteiger partial charge in [0.15, 0.2) is 5.16 Å². The highest BCUT2D eigenvalue weighted by Crippen LogP contribution is 2.18. The van der Waals surface area contributed by atoms with E-state index in [0.29, 0.717) is 33.9 Å². The van der Waals surface area contributed by atoms with Gasteiger partial charge < -0.3 is 4.74 Å². The van der Waals surface area contributed by atoms with Crippen LogP contribution in [0, 0.1) is 0 Å². The van der Waals surface area contributed by atoms with Gasteiger partial charge in [-0.05, 0) is 30.7 Å². The third-order valence-corrected chi connectivity index (χ3v) is 4.77. The molecule has 0 unspecified atom stereocenters. The monoisotopic (exact) mass is 368 g/mol. The Morgan fingerprint density at radius 1 is 1.12 bits per heavy atom. The summed E-state index contributed by atoms with van der Waals surface area (Å²) >= 11 is 1.43. The number of esters is 1. The quantitative estimate of drug-likeness (QED) is 0.275. The first-order chi connectivity index (χ1) is 12.7. The van der Waals surface area contributed by atoms with Crippen LogP contribution in [-0.4, -0.2) is 27.9 Å². The van der Waals surface area contributed by atoms with Gasteiger partial charge in [-0.2, -0.15) is 0 Å². The summed E-state index contributed by atoms with van der Waals surface area (Å²) in [6.07, 6.45) is 0.844. The highest BCUT2D eigenvalue weighted by Gasteiger charge is 2.11. The Balaban J connectivity index is 1.69. The molecule has 2 aromatic carbocycles.